The number of hydrogen-bond donors (Lipinski definition) is 2. The van der Waals surface area contributed by atoms with Gasteiger partial charge in [0.2, 0.25) is 0 Å². The van der Waals surface area contributed by atoms with Crippen LogP contribution in [-0.4, -0.2) is 18.3 Å². The van der Waals surface area contributed by atoms with Crippen molar-refractivity contribution < 1.29 is 9.15 Å². The predicted molar refractivity (Wildman–Crippen MR) is 92.1 cm³/mol. The summed E-state index contributed by atoms with van der Waals surface area (Å²) in [5, 5.41) is 7.17. The molecular formula is C17H22N2O2S. The average Bonchev–Trinajstić information content (AvgIpc) is 3.05. The van der Waals surface area contributed by atoms with Gasteiger partial charge in [-0.1, -0.05) is 12.1 Å². The van der Waals surface area contributed by atoms with Gasteiger partial charge in [0.1, 0.15) is 11.5 Å². The average molecular weight is 318 g/mol. The number of hydrogen-bond acceptors (Lipinski definition) is 3. The molecule has 1 atom stereocenters. The minimum absolute atomic E-state index is 0.293. The van der Waals surface area contributed by atoms with E-state index in [2.05, 4.69) is 17.6 Å². The van der Waals surface area contributed by atoms with Crippen LogP contribution in [0.2, 0.25) is 0 Å². The van der Waals surface area contributed by atoms with Crippen LogP contribution >= 0.6 is 12.2 Å². The monoisotopic (exact) mass is 318 g/mol. The maximum atomic E-state index is 5.33. The Labute approximate surface area is 136 Å². The molecule has 22 heavy (non-hydrogen) atoms. The summed E-state index contributed by atoms with van der Waals surface area (Å²) >= 11 is 5.32. The number of ether oxygens (including phenoxy) is 1. The normalized spacial score (nSPS) is 11.7. The van der Waals surface area contributed by atoms with Crippen LogP contribution in [0.4, 0.5) is 0 Å². The van der Waals surface area contributed by atoms with Gasteiger partial charge in [-0.2, -0.15) is 0 Å². The summed E-state index contributed by atoms with van der Waals surface area (Å²) in [6.07, 6.45) is 3.58. The summed E-state index contributed by atoms with van der Waals surface area (Å²) in [7, 11) is 1.66. The highest BCUT2D eigenvalue weighted by Crippen LogP contribution is 2.11. The van der Waals surface area contributed by atoms with Crippen LogP contribution in [0.25, 0.3) is 0 Å². The van der Waals surface area contributed by atoms with Crippen LogP contribution in [0.1, 0.15) is 24.7 Å². The van der Waals surface area contributed by atoms with Crippen LogP contribution in [0.3, 0.4) is 0 Å². The maximum absolute atomic E-state index is 5.33. The minimum Gasteiger partial charge on any atom is -0.497 e. The lowest BCUT2D eigenvalue weighted by atomic mass is 10.1. The number of aryl methyl sites for hydroxylation is 1. The molecule has 2 aromatic rings. The molecule has 0 aliphatic rings. The lowest BCUT2D eigenvalue weighted by molar-refractivity contribution is 0.414. The van der Waals surface area contributed by atoms with Gasteiger partial charge in [-0.15, -0.1) is 0 Å². The second-order valence-electron chi connectivity index (χ2n) is 5.19. The van der Waals surface area contributed by atoms with Crippen molar-refractivity contribution in [1.82, 2.24) is 10.6 Å². The largest absolute Gasteiger partial charge is 0.497 e. The van der Waals surface area contributed by atoms with Crippen molar-refractivity contribution in [2.24, 2.45) is 0 Å². The Kier molecular flexibility index (Phi) is 6.27. The standard InChI is InChI=1S/C17H22N2O2S/c1-13(5-8-16-4-3-11-21-16)19-17(22)18-12-14-6-9-15(20-2)10-7-14/h3-4,6-7,9-11,13H,5,8,12H2,1-2H3,(H2,18,19,22)/t13-/m1/s1. The number of methoxy groups -OCH3 is 1. The van der Waals surface area contributed by atoms with Crippen LogP contribution in [0, 0.1) is 0 Å². The lowest BCUT2D eigenvalue weighted by Crippen LogP contribution is -2.40. The fourth-order valence-corrected chi connectivity index (χ4v) is 2.36. The van der Waals surface area contributed by atoms with E-state index in [1.54, 1.807) is 13.4 Å². The van der Waals surface area contributed by atoms with Crippen molar-refractivity contribution in [2.45, 2.75) is 32.4 Å². The predicted octanol–water partition coefficient (Wildman–Crippen LogP) is 3.27. The van der Waals surface area contributed by atoms with Gasteiger partial charge in [-0.3, -0.25) is 0 Å². The van der Waals surface area contributed by atoms with E-state index in [1.807, 2.05) is 36.4 Å². The van der Waals surface area contributed by atoms with Gasteiger partial charge < -0.3 is 19.8 Å². The van der Waals surface area contributed by atoms with Gasteiger partial charge in [0.25, 0.3) is 0 Å². The number of benzene rings is 1. The van der Waals surface area contributed by atoms with E-state index in [0.717, 1.165) is 29.9 Å². The first-order chi connectivity index (χ1) is 10.7. The zero-order valence-electron chi connectivity index (χ0n) is 13.0. The summed E-state index contributed by atoms with van der Waals surface area (Å²) in [6, 6.07) is 12.1. The van der Waals surface area contributed by atoms with Crippen molar-refractivity contribution in [3.63, 3.8) is 0 Å². The van der Waals surface area contributed by atoms with E-state index in [1.165, 1.54) is 0 Å². The van der Waals surface area contributed by atoms with Crippen LogP contribution in [0.5, 0.6) is 5.75 Å². The lowest BCUT2D eigenvalue weighted by Gasteiger charge is -2.16. The smallest absolute Gasteiger partial charge is 0.166 e. The topological polar surface area (TPSA) is 46.4 Å². The van der Waals surface area contributed by atoms with E-state index in [9.17, 15) is 0 Å². The fraction of sp³-hybridized carbons (Fsp3) is 0.353. The van der Waals surface area contributed by atoms with Gasteiger partial charge >= 0.3 is 0 Å². The summed E-state index contributed by atoms with van der Waals surface area (Å²) in [6.45, 7) is 2.81. The molecule has 0 saturated heterocycles. The van der Waals surface area contributed by atoms with Crippen LogP contribution in [-0.2, 0) is 13.0 Å². The Balaban J connectivity index is 1.68. The molecule has 0 aliphatic heterocycles. The van der Waals surface area contributed by atoms with E-state index >= 15 is 0 Å². The second kappa shape index (κ2) is 8.44. The third kappa shape index (κ3) is 5.41. The van der Waals surface area contributed by atoms with Gasteiger partial charge in [0.05, 0.1) is 13.4 Å². The quantitative estimate of drug-likeness (QED) is 0.767. The summed E-state index contributed by atoms with van der Waals surface area (Å²) in [5.74, 6) is 1.86. The highest BCUT2D eigenvalue weighted by atomic mass is 32.1. The molecule has 4 nitrogen and oxygen atoms in total. The zero-order valence-corrected chi connectivity index (χ0v) is 13.8. The first-order valence-corrected chi connectivity index (χ1v) is 7.78. The maximum Gasteiger partial charge on any atom is 0.166 e. The molecule has 1 heterocycles. The Morgan fingerprint density at radius 3 is 2.68 bits per heavy atom. The van der Waals surface area contributed by atoms with Crippen LogP contribution in [0.15, 0.2) is 47.1 Å². The fourth-order valence-electron chi connectivity index (χ4n) is 2.09. The number of thiocarbonyl (C=S) groups is 1. The van der Waals surface area contributed by atoms with Gasteiger partial charge in [-0.05, 0) is 55.4 Å². The van der Waals surface area contributed by atoms with E-state index in [0.29, 0.717) is 17.7 Å². The van der Waals surface area contributed by atoms with Crippen molar-refractivity contribution in [2.75, 3.05) is 7.11 Å². The molecule has 0 fully saturated rings. The van der Waals surface area contributed by atoms with Crippen molar-refractivity contribution >= 4 is 17.3 Å². The summed E-state index contributed by atoms with van der Waals surface area (Å²) in [5.41, 5.74) is 1.16. The van der Waals surface area contributed by atoms with Crippen LogP contribution < -0.4 is 15.4 Å². The highest BCUT2D eigenvalue weighted by Gasteiger charge is 2.06. The number of nitrogens with one attached hydrogen (secondary N) is 2. The number of rotatable bonds is 7. The molecule has 5 heteroatoms. The van der Waals surface area contributed by atoms with E-state index < -0.39 is 0 Å². The van der Waals surface area contributed by atoms with Crippen molar-refractivity contribution in [1.29, 1.82) is 0 Å². The minimum atomic E-state index is 0.293. The Morgan fingerprint density at radius 2 is 2.05 bits per heavy atom. The summed E-state index contributed by atoms with van der Waals surface area (Å²) < 4.78 is 10.5. The molecule has 0 unspecified atom stereocenters. The molecule has 0 amide bonds. The Hall–Kier alpha value is -2.01. The Bertz CT molecular complexity index is 567. The first kappa shape index (κ1) is 16.4. The third-order valence-corrected chi connectivity index (χ3v) is 3.66. The highest BCUT2D eigenvalue weighted by molar-refractivity contribution is 7.80. The molecule has 0 bridgehead atoms. The second-order valence-corrected chi connectivity index (χ2v) is 5.60. The van der Waals surface area contributed by atoms with E-state index in [-0.39, 0.29) is 0 Å². The van der Waals surface area contributed by atoms with Gasteiger partial charge in [0.15, 0.2) is 5.11 Å². The van der Waals surface area contributed by atoms with Gasteiger partial charge in [-0.25, -0.2) is 0 Å². The molecule has 0 saturated carbocycles. The zero-order chi connectivity index (χ0) is 15.8. The van der Waals surface area contributed by atoms with Crippen molar-refractivity contribution in [3.8, 4) is 5.75 Å². The third-order valence-electron chi connectivity index (χ3n) is 3.39. The SMILES string of the molecule is COc1ccc(CNC(=S)N[C@H](C)CCc2ccco2)cc1. The molecule has 0 spiro atoms. The molecule has 1 aromatic heterocycles. The first-order valence-electron chi connectivity index (χ1n) is 7.37. The molecule has 2 rings (SSSR count). The van der Waals surface area contributed by atoms with Crippen molar-refractivity contribution in [3.05, 3.63) is 54.0 Å². The molecule has 0 aliphatic carbocycles. The molecular weight excluding hydrogens is 296 g/mol. The Morgan fingerprint density at radius 1 is 1.27 bits per heavy atom. The number of furan rings is 1. The van der Waals surface area contributed by atoms with Gasteiger partial charge in [0, 0.05) is 19.0 Å². The summed E-state index contributed by atoms with van der Waals surface area (Å²) in [4.78, 5) is 0. The molecule has 0 radical (unpaired) electrons. The molecule has 118 valence electrons. The molecule has 1 aromatic carbocycles. The molecule has 2 N–H and O–H groups in total. The van der Waals surface area contributed by atoms with E-state index in [4.69, 9.17) is 21.4 Å².